The molecule has 1 saturated heterocycles. The highest BCUT2D eigenvalue weighted by Gasteiger charge is 2.27. The van der Waals surface area contributed by atoms with E-state index < -0.39 is 5.97 Å². The molecule has 0 amide bonds. The predicted octanol–water partition coefficient (Wildman–Crippen LogP) is 3.31. The van der Waals surface area contributed by atoms with Gasteiger partial charge < -0.3 is 5.11 Å². The van der Waals surface area contributed by atoms with E-state index in [9.17, 15) is 4.79 Å². The summed E-state index contributed by atoms with van der Waals surface area (Å²) >= 11 is 0. The fourth-order valence-electron chi connectivity index (χ4n) is 3.03. The van der Waals surface area contributed by atoms with E-state index >= 15 is 0 Å². The molecule has 1 fully saturated rings. The minimum Gasteiger partial charge on any atom is -0.478 e. The number of rotatable bonds is 4. The van der Waals surface area contributed by atoms with E-state index in [1.165, 1.54) is 18.4 Å². The van der Waals surface area contributed by atoms with E-state index in [0.717, 1.165) is 18.7 Å². The number of benzene rings is 1. The van der Waals surface area contributed by atoms with E-state index in [-0.39, 0.29) is 0 Å². The van der Waals surface area contributed by atoms with Crippen molar-refractivity contribution in [2.75, 3.05) is 6.54 Å². The van der Waals surface area contributed by atoms with Crippen LogP contribution in [0.25, 0.3) is 0 Å². The van der Waals surface area contributed by atoms with E-state index in [1.54, 1.807) is 12.1 Å². The van der Waals surface area contributed by atoms with Crippen LogP contribution in [0.3, 0.4) is 0 Å². The first-order valence-corrected chi connectivity index (χ1v) is 7.06. The molecule has 0 saturated carbocycles. The number of likely N-dealkylation sites (tertiary alicyclic amines) is 1. The van der Waals surface area contributed by atoms with E-state index in [4.69, 9.17) is 5.11 Å². The maximum Gasteiger partial charge on any atom is 0.335 e. The van der Waals surface area contributed by atoms with Crippen LogP contribution in [0.15, 0.2) is 18.2 Å². The van der Waals surface area contributed by atoms with Crippen molar-refractivity contribution in [2.24, 2.45) is 5.92 Å². The quantitative estimate of drug-likeness (QED) is 0.904. The third-order valence-electron chi connectivity index (χ3n) is 4.15. The smallest absolute Gasteiger partial charge is 0.335 e. The van der Waals surface area contributed by atoms with Crippen LogP contribution in [0.5, 0.6) is 0 Å². The third-order valence-corrected chi connectivity index (χ3v) is 4.15. The third kappa shape index (κ3) is 3.16. The Balaban J connectivity index is 2.13. The molecular weight excluding hydrogens is 238 g/mol. The number of carbonyl (C=O) groups is 1. The van der Waals surface area contributed by atoms with Crippen molar-refractivity contribution >= 4 is 5.97 Å². The highest BCUT2D eigenvalue weighted by atomic mass is 16.4. The molecule has 3 nitrogen and oxygen atoms in total. The Labute approximate surface area is 115 Å². The van der Waals surface area contributed by atoms with Crippen molar-refractivity contribution < 1.29 is 9.90 Å². The Morgan fingerprint density at radius 1 is 1.47 bits per heavy atom. The van der Waals surface area contributed by atoms with Crippen molar-refractivity contribution in [2.45, 2.75) is 46.2 Å². The predicted molar refractivity (Wildman–Crippen MR) is 76.4 cm³/mol. The Morgan fingerprint density at radius 3 is 2.79 bits per heavy atom. The van der Waals surface area contributed by atoms with Gasteiger partial charge in [0.2, 0.25) is 0 Å². The first kappa shape index (κ1) is 14.1. The van der Waals surface area contributed by atoms with E-state index in [2.05, 4.69) is 18.7 Å². The largest absolute Gasteiger partial charge is 0.478 e. The Kier molecular flexibility index (Phi) is 4.25. The number of aromatic carboxylic acids is 1. The molecule has 1 aromatic rings. The van der Waals surface area contributed by atoms with Crippen LogP contribution >= 0.6 is 0 Å². The molecule has 1 heterocycles. The van der Waals surface area contributed by atoms with Crippen LogP contribution in [0.2, 0.25) is 0 Å². The summed E-state index contributed by atoms with van der Waals surface area (Å²) in [6, 6.07) is 6.12. The van der Waals surface area contributed by atoms with Gasteiger partial charge in [-0.05, 0) is 55.5 Å². The molecule has 0 aromatic heterocycles. The lowest BCUT2D eigenvalue weighted by Crippen LogP contribution is -2.33. The van der Waals surface area contributed by atoms with Crippen LogP contribution in [0, 0.1) is 12.8 Å². The molecular formula is C16H23NO2. The molecule has 1 aromatic carbocycles. The average Bonchev–Trinajstić information content (AvgIpc) is 2.79. The summed E-state index contributed by atoms with van der Waals surface area (Å²) in [5.74, 6) is -0.169. The zero-order valence-electron chi connectivity index (χ0n) is 12.0. The van der Waals surface area contributed by atoms with Crippen molar-refractivity contribution in [3.63, 3.8) is 0 Å². The lowest BCUT2D eigenvalue weighted by molar-refractivity contribution is 0.0696. The molecule has 1 unspecified atom stereocenters. The fourth-order valence-corrected chi connectivity index (χ4v) is 3.03. The average molecular weight is 261 g/mol. The van der Waals surface area contributed by atoms with Crippen molar-refractivity contribution in [3.8, 4) is 0 Å². The molecule has 1 N–H and O–H groups in total. The number of aryl methyl sites for hydroxylation is 1. The maximum absolute atomic E-state index is 10.9. The first-order valence-electron chi connectivity index (χ1n) is 7.06. The number of nitrogens with zero attached hydrogens (tertiary/aromatic N) is 1. The van der Waals surface area contributed by atoms with Gasteiger partial charge in [-0.15, -0.1) is 0 Å². The molecule has 1 aliphatic rings. The highest BCUT2D eigenvalue weighted by Crippen LogP contribution is 2.26. The zero-order chi connectivity index (χ0) is 14.0. The number of carboxylic acid groups (broad SMARTS) is 1. The van der Waals surface area contributed by atoms with Gasteiger partial charge in [0, 0.05) is 12.6 Å². The Hall–Kier alpha value is -1.35. The van der Waals surface area contributed by atoms with Gasteiger partial charge in [-0.25, -0.2) is 4.79 Å². The highest BCUT2D eigenvalue weighted by molar-refractivity contribution is 5.87. The van der Waals surface area contributed by atoms with Crippen molar-refractivity contribution in [3.05, 3.63) is 34.9 Å². The molecule has 19 heavy (non-hydrogen) atoms. The van der Waals surface area contributed by atoms with Gasteiger partial charge in [0.15, 0.2) is 0 Å². The molecule has 3 heteroatoms. The van der Waals surface area contributed by atoms with Gasteiger partial charge in [0.1, 0.15) is 0 Å². The lowest BCUT2D eigenvalue weighted by Gasteiger charge is -2.28. The minimum atomic E-state index is -0.851. The van der Waals surface area contributed by atoms with E-state index in [0.29, 0.717) is 17.5 Å². The second-order valence-corrected chi connectivity index (χ2v) is 5.87. The standard InChI is InChI=1S/C16H23NO2/c1-11(2)15-5-4-8-17(15)10-14-7-6-13(16(18)19)9-12(14)3/h6-7,9,11,15H,4-5,8,10H2,1-3H3,(H,18,19). The van der Waals surface area contributed by atoms with Gasteiger partial charge in [0.05, 0.1) is 5.56 Å². The molecule has 1 atom stereocenters. The Bertz CT molecular complexity index is 468. The summed E-state index contributed by atoms with van der Waals surface area (Å²) in [4.78, 5) is 13.5. The first-order chi connectivity index (χ1) is 8.99. The minimum absolute atomic E-state index is 0.378. The normalized spacial score (nSPS) is 20.1. The molecule has 1 aliphatic heterocycles. The van der Waals surface area contributed by atoms with Crippen molar-refractivity contribution in [1.82, 2.24) is 4.90 Å². The Morgan fingerprint density at radius 2 is 2.21 bits per heavy atom. The molecule has 0 spiro atoms. The maximum atomic E-state index is 10.9. The van der Waals surface area contributed by atoms with Gasteiger partial charge in [0.25, 0.3) is 0 Å². The monoisotopic (exact) mass is 261 g/mol. The molecule has 0 bridgehead atoms. The topological polar surface area (TPSA) is 40.5 Å². The summed E-state index contributed by atoms with van der Waals surface area (Å²) in [5, 5.41) is 8.99. The summed E-state index contributed by atoms with van der Waals surface area (Å²) in [5.41, 5.74) is 2.70. The summed E-state index contributed by atoms with van der Waals surface area (Å²) in [7, 11) is 0. The fraction of sp³-hybridized carbons (Fsp3) is 0.562. The van der Waals surface area contributed by atoms with Crippen LogP contribution in [-0.4, -0.2) is 28.6 Å². The molecule has 0 aliphatic carbocycles. The zero-order valence-corrected chi connectivity index (χ0v) is 12.0. The number of hydrogen-bond acceptors (Lipinski definition) is 2. The summed E-state index contributed by atoms with van der Waals surface area (Å²) < 4.78 is 0. The van der Waals surface area contributed by atoms with Gasteiger partial charge in [-0.2, -0.15) is 0 Å². The summed E-state index contributed by atoms with van der Waals surface area (Å²) in [6.07, 6.45) is 2.55. The molecule has 104 valence electrons. The van der Waals surface area contributed by atoms with Crippen LogP contribution < -0.4 is 0 Å². The second kappa shape index (κ2) is 5.74. The number of hydrogen-bond donors (Lipinski definition) is 1. The van der Waals surface area contributed by atoms with Gasteiger partial charge in [-0.1, -0.05) is 19.9 Å². The van der Waals surface area contributed by atoms with Gasteiger partial charge in [-0.3, -0.25) is 4.90 Å². The van der Waals surface area contributed by atoms with Crippen LogP contribution in [0.1, 0.15) is 48.2 Å². The van der Waals surface area contributed by atoms with Crippen molar-refractivity contribution in [1.29, 1.82) is 0 Å². The molecule has 0 radical (unpaired) electrons. The van der Waals surface area contributed by atoms with Gasteiger partial charge >= 0.3 is 5.97 Å². The lowest BCUT2D eigenvalue weighted by atomic mass is 10.0. The van der Waals surface area contributed by atoms with Crippen LogP contribution in [-0.2, 0) is 6.54 Å². The molecule has 2 rings (SSSR count). The van der Waals surface area contributed by atoms with E-state index in [1.807, 2.05) is 13.0 Å². The second-order valence-electron chi connectivity index (χ2n) is 5.87. The number of carboxylic acids is 1. The summed E-state index contributed by atoms with van der Waals surface area (Å²) in [6.45, 7) is 8.66. The van der Waals surface area contributed by atoms with Crippen LogP contribution in [0.4, 0.5) is 0 Å². The SMILES string of the molecule is Cc1cc(C(=O)O)ccc1CN1CCCC1C(C)C.